The molecule has 0 heterocycles. The number of aliphatic carboxylic acids is 1. The van der Waals surface area contributed by atoms with Gasteiger partial charge in [0.1, 0.15) is 0 Å². The second kappa shape index (κ2) is 5.62. The molecule has 0 aromatic carbocycles. The van der Waals surface area contributed by atoms with Crippen LogP contribution in [-0.2, 0) is 14.3 Å². The van der Waals surface area contributed by atoms with Gasteiger partial charge < -0.3 is 9.84 Å². The van der Waals surface area contributed by atoms with Gasteiger partial charge in [-0.2, -0.15) is 0 Å². The summed E-state index contributed by atoms with van der Waals surface area (Å²) in [5.41, 5.74) is -1.34. The number of esters is 1. The number of rotatable bonds is 6. The Kier molecular flexibility index (Phi) is 5.20. The summed E-state index contributed by atoms with van der Waals surface area (Å²) in [5, 5.41) is 9.09. The van der Waals surface area contributed by atoms with E-state index in [9.17, 15) is 9.59 Å². The van der Waals surface area contributed by atoms with E-state index in [1.54, 1.807) is 0 Å². The number of hydrogen-bond acceptors (Lipinski definition) is 3. The zero-order valence-electron chi connectivity index (χ0n) is 9.00. The Bertz CT molecular complexity index is 204. The predicted octanol–water partition coefficient (Wildman–Crippen LogP) is 1.83. The van der Waals surface area contributed by atoms with Gasteiger partial charge in [-0.15, -0.1) is 0 Å². The van der Waals surface area contributed by atoms with Crippen molar-refractivity contribution in [1.29, 1.82) is 0 Å². The van der Waals surface area contributed by atoms with Crippen LogP contribution in [-0.4, -0.2) is 24.2 Å². The average Bonchev–Trinajstić information content (AvgIpc) is 2.15. The summed E-state index contributed by atoms with van der Waals surface area (Å²) in [5.74, 6) is -1.71. The lowest BCUT2D eigenvalue weighted by molar-refractivity contribution is -0.168. The molecule has 0 aliphatic rings. The van der Waals surface area contributed by atoms with Crippen molar-refractivity contribution in [2.24, 2.45) is 5.41 Å². The van der Waals surface area contributed by atoms with Gasteiger partial charge in [0, 0.05) is 0 Å². The summed E-state index contributed by atoms with van der Waals surface area (Å²) in [6.45, 7) is 3.71. The zero-order valence-corrected chi connectivity index (χ0v) is 9.00. The summed E-state index contributed by atoms with van der Waals surface area (Å²) in [6.07, 6.45) is 1.98. The lowest BCUT2D eigenvalue weighted by atomic mass is 9.79. The van der Waals surface area contributed by atoms with Crippen LogP contribution in [0, 0.1) is 5.41 Å². The van der Waals surface area contributed by atoms with E-state index in [1.165, 1.54) is 7.11 Å². The molecular weight excluding hydrogens is 184 g/mol. The van der Waals surface area contributed by atoms with Crippen molar-refractivity contribution in [3.05, 3.63) is 0 Å². The quantitative estimate of drug-likeness (QED) is 0.527. The van der Waals surface area contributed by atoms with Crippen LogP contribution in [0.15, 0.2) is 0 Å². The number of carboxylic acids is 1. The first-order valence-electron chi connectivity index (χ1n) is 4.87. The van der Waals surface area contributed by atoms with E-state index in [1.807, 2.05) is 13.8 Å². The van der Waals surface area contributed by atoms with Crippen molar-refractivity contribution in [2.75, 3.05) is 7.11 Å². The molecule has 4 heteroatoms. The molecule has 0 aromatic rings. The molecule has 82 valence electrons. The summed E-state index contributed by atoms with van der Waals surface area (Å²) in [6, 6.07) is 0. The number of hydrogen-bond donors (Lipinski definition) is 1. The van der Waals surface area contributed by atoms with Gasteiger partial charge in [0.25, 0.3) is 0 Å². The van der Waals surface area contributed by atoms with Crippen molar-refractivity contribution in [1.82, 2.24) is 0 Å². The van der Waals surface area contributed by atoms with Crippen molar-refractivity contribution >= 4 is 11.9 Å². The molecule has 0 bridgehead atoms. The maximum Gasteiger partial charge on any atom is 0.323 e. The van der Waals surface area contributed by atoms with E-state index in [2.05, 4.69) is 4.74 Å². The Hall–Kier alpha value is -1.06. The van der Waals surface area contributed by atoms with Crippen molar-refractivity contribution in [3.63, 3.8) is 0 Å². The van der Waals surface area contributed by atoms with Gasteiger partial charge in [-0.25, -0.2) is 0 Å². The fraction of sp³-hybridized carbons (Fsp3) is 0.800. The van der Waals surface area contributed by atoms with Crippen LogP contribution in [0.5, 0.6) is 0 Å². The molecule has 0 amide bonds. The SMILES string of the molecule is CCCC(CCC)(C(=O)O)C(=O)OC. The fourth-order valence-corrected chi connectivity index (χ4v) is 1.68. The maximum atomic E-state index is 11.5. The number of ether oxygens (including phenoxy) is 1. The Balaban J connectivity index is 4.92. The Morgan fingerprint density at radius 1 is 1.21 bits per heavy atom. The summed E-state index contributed by atoms with van der Waals surface area (Å²) in [7, 11) is 1.23. The second-order valence-corrected chi connectivity index (χ2v) is 3.38. The number of carbonyl (C=O) groups is 2. The molecule has 0 radical (unpaired) electrons. The van der Waals surface area contributed by atoms with Gasteiger partial charge in [-0.3, -0.25) is 9.59 Å². The molecule has 14 heavy (non-hydrogen) atoms. The average molecular weight is 202 g/mol. The van der Waals surface area contributed by atoms with E-state index in [0.717, 1.165) is 0 Å². The molecule has 0 aromatic heterocycles. The predicted molar refractivity (Wildman–Crippen MR) is 51.9 cm³/mol. The van der Waals surface area contributed by atoms with Gasteiger partial charge in [-0.05, 0) is 12.8 Å². The third-order valence-corrected chi connectivity index (χ3v) is 2.34. The fourth-order valence-electron chi connectivity index (χ4n) is 1.68. The van der Waals surface area contributed by atoms with E-state index in [4.69, 9.17) is 5.11 Å². The van der Waals surface area contributed by atoms with Gasteiger partial charge >= 0.3 is 11.9 Å². The minimum atomic E-state index is -1.34. The van der Waals surface area contributed by atoms with Crippen LogP contribution < -0.4 is 0 Å². The Morgan fingerprint density at radius 3 is 1.86 bits per heavy atom. The number of carboxylic acid groups (broad SMARTS) is 1. The third kappa shape index (κ3) is 2.47. The minimum Gasteiger partial charge on any atom is -0.480 e. The van der Waals surface area contributed by atoms with Crippen LogP contribution >= 0.6 is 0 Å². The third-order valence-electron chi connectivity index (χ3n) is 2.34. The highest BCUT2D eigenvalue weighted by molar-refractivity contribution is 5.99. The molecule has 0 saturated heterocycles. The summed E-state index contributed by atoms with van der Waals surface area (Å²) < 4.78 is 4.56. The smallest absolute Gasteiger partial charge is 0.323 e. The van der Waals surface area contributed by atoms with Crippen molar-refractivity contribution in [3.8, 4) is 0 Å². The van der Waals surface area contributed by atoms with Crippen LogP contribution in [0.4, 0.5) is 0 Å². The largest absolute Gasteiger partial charge is 0.480 e. The molecule has 0 atom stereocenters. The van der Waals surface area contributed by atoms with Gasteiger partial charge in [-0.1, -0.05) is 26.7 Å². The number of methoxy groups -OCH3 is 1. The zero-order chi connectivity index (χ0) is 11.2. The molecule has 1 N–H and O–H groups in total. The lowest BCUT2D eigenvalue weighted by Gasteiger charge is -2.25. The van der Waals surface area contributed by atoms with Crippen LogP contribution in [0.3, 0.4) is 0 Å². The first-order chi connectivity index (χ1) is 6.55. The van der Waals surface area contributed by atoms with Crippen molar-refractivity contribution in [2.45, 2.75) is 39.5 Å². The number of carbonyl (C=O) groups excluding carboxylic acids is 1. The highest BCUT2D eigenvalue weighted by Gasteiger charge is 2.45. The standard InChI is InChI=1S/C10H18O4/c1-4-6-10(7-5-2,8(11)12)9(13)14-3/h4-7H2,1-3H3,(H,11,12). The van der Waals surface area contributed by atoms with Crippen molar-refractivity contribution < 1.29 is 19.4 Å². The topological polar surface area (TPSA) is 63.6 Å². The normalized spacial score (nSPS) is 11.1. The maximum absolute atomic E-state index is 11.5. The van der Waals surface area contributed by atoms with Gasteiger partial charge in [0.2, 0.25) is 0 Å². The lowest BCUT2D eigenvalue weighted by Crippen LogP contribution is -2.40. The van der Waals surface area contributed by atoms with Gasteiger partial charge in [0.15, 0.2) is 5.41 Å². The monoisotopic (exact) mass is 202 g/mol. The second-order valence-electron chi connectivity index (χ2n) is 3.38. The molecular formula is C10H18O4. The molecule has 0 fully saturated rings. The van der Waals surface area contributed by atoms with Crippen LogP contribution in [0.1, 0.15) is 39.5 Å². The molecule has 4 nitrogen and oxygen atoms in total. The molecule has 0 unspecified atom stereocenters. The van der Waals surface area contributed by atoms with E-state index in [0.29, 0.717) is 25.7 Å². The Morgan fingerprint density at radius 2 is 1.64 bits per heavy atom. The van der Waals surface area contributed by atoms with E-state index in [-0.39, 0.29) is 0 Å². The molecule has 0 spiro atoms. The Labute approximate surface area is 84.3 Å². The first-order valence-corrected chi connectivity index (χ1v) is 4.87. The molecule has 0 aliphatic heterocycles. The molecule has 0 aliphatic carbocycles. The summed E-state index contributed by atoms with van der Waals surface area (Å²) >= 11 is 0. The minimum absolute atomic E-state index is 0.336. The van der Waals surface area contributed by atoms with Crippen LogP contribution in [0.25, 0.3) is 0 Å². The van der Waals surface area contributed by atoms with Crippen LogP contribution in [0.2, 0.25) is 0 Å². The molecule has 0 saturated carbocycles. The first kappa shape index (κ1) is 12.9. The van der Waals surface area contributed by atoms with E-state index < -0.39 is 17.4 Å². The van der Waals surface area contributed by atoms with Gasteiger partial charge in [0.05, 0.1) is 7.11 Å². The highest BCUT2D eigenvalue weighted by atomic mass is 16.5. The summed E-state index contributed by atoms with van der Waals surface area (Å²) in [4.78, 5) is 22.6. The van der Waals surface area contributed by atoms with E-state index >= 15 is 0 Å². The molecule has 0 rings (SSSR count). The highest BCUT2D eigenvalue weighted by Crippen LogP contribution is 2.31.